The van der Waals surface area contributed by atoms with Crippen LogP contribution in [0.4, 0.5) is 5.82 Å². The van der Waals surface area contributed by atoms with Crippen LogP contribution < -0.4 is 10.1 Å². The molecule has 0 radical (unpaired) electrons. The minimum atomic E-state index is 0.623. The molecule has 1 N–H and O–H groups in total. The third-order valence-electron chi connectivity index (χ3n) is 2.49. The highest BCUT2D eigenvalue weighted by molar-refractivity contribution is 9.10. The second-order valence-electron chi connectivity index (χ2n) is 3.77. The van der Waals surface area contributed by atoms with Crippen molar-refractivity contribution in [1.29, 1.82) is 0 Å². The number of nitrogens with one attached hydrogen (secondary N) is 1. The van der Waals surface area contributed by atoms with Gasteiger partial charge in [0.2, 0.25) is 0 Å². The van der Waals surface area contributed by atoms with Crippen LogP contribution in [0.5, 0.6) is 5.75 Å². The van der Waals surface area contributed by atoms with Crippen LogP contribution in [0.25, 0.3) is 11.4 Å². The summed E-state index contributed by atoms with van der Waals surface area (Å²) in [4.78, 5) is 8.85. The second-order valence-corrected chi connectivity index (χ2v) is 5.54. The largest absolute Gasteiger partial charge is 0.496 e. The van der Waals surface area contributed by atoms with Crippen LogP contribution in [-0.2, 0) is 0 Å². The van der Waals surface area contributed by atoms with Crippen LogP contribution in [-0.4, -0.2) is 23.6 Å². The van der Waals surface area contributed by atoms with E-state index in [1.54, 1.807) is 13.3 Å². The number of rotatable bonds is 4. The number of nitrogens with zero attached hydrogens (tertiary/aromatic N) is 2. The summed E-state index contributed by atoms with van der Waals surface area (Å²) in [6, 6.07) is 5.75. The summed E-state index contributed by atoms with van der Waals surface area (Å²) in [5.41, 5.74) is 0.850. The Labute approximate surface area is 128 Å². The van der Waals surface area contributed by atoms with Gasteiger partial charge in [-0.25, -0.2) is 9.97 Å². The van der Waals surface area contributed by atoms with E-state index in [1.807, 2.05) is 25.1 Å². The molecular formula is C13H13Br2N3O. The van der Waals surface area contributed by atoms with E-state index < -0.39 is 0 Å². The Kier molecular flexibility index (Phi) is 4.76. The molecule has 0 aliphatic heterocycles. The number of halogens is 2. The Hall–Kier alpha value is -1.14. The van der Waals surface area contributed by atoms with Crippen LogP contribution in [0, 0.1) is 0 Å². The zero-order valence-electron chi connectivity index (χ0n) is 10.6. The molecule has 0 spiro atoms. The monoisotopic (exact) mass is 385 g/mol. The highest BCUT2D eigenvalue weighted by atomic mass is 79.9. The number of anilines is 1. The van der Waals surface area contributed by atoms with Gasteiger partial charge in [-0.1, -0.05) is 15.9 Å². The topological polar surface area (TPSA) is 47.0 Å². The average molecular weight is 387 g/mol. The summed E-state index contributed by atoms with van der Waals surface area (Å²) in [5.74, 6) is 2.14. The van der Waals surface area contributed by atoms with Gasteiger partial charge in [0.05, 0.1) is 17.1 Å². The van der Waals surface area contributed by atoms with Gasteiger partial charge >= 0.3 is 0 Å². The number of benzene rings is 1. The molecular weight excluding hydrogens is 374 g/mol. The smallest absolute Gasteiger partial charge is 0.165 e. The van der Waals surface area contributed by atoms with Crippen molar-refractivity contribution in [2.24, 2.45) is 0 Å². The molecule has 0 aliphatic carbocycles. The number of hydrogen-bond donors (Lipinski definition) is 1. The molecule has 0 atom stereocenters. The molecule has 4 nitrogen and oxygen atoms in total. The molecule has 100 valence electrons. The number of hydrogen-bond acceptors (Lipinski definition) is 4. The third kappa shape index (κ3) is 3.25. The van der Waals surface area contributed by atoms with E-state index in [4.69, 9.17) is 4.74 Å². The first-order valence-electron chi connectivity index (χ1n) is 5.76. The van der Waals surface area contributed by atoms with Gasteiger partial charge in [-0.3, -0.25) is 0 Å². The highest BCUT2D eigenvalue weighted by Crippen LogP contribution is 2.32. The maximum absolute atomic E-state index is 5.35. The van der Waals surface area contributed by atoms with E-state index in [9.17, 15) is 0 Å². The molecule has 0 saturated heterocycles. The fraction of sp³-hybridized carbons (Fsp3) is 0.231. The van der Waals surface area contributed by atoms with Crippen molar-refractivity contribution >= 4 is 37.7 Å². The van der Waals surface area contributed by atoms with Crippen LogP contribution in [0.1, 0.15) is 6.92 Å². The molecule has 6 heteroatoms. The predicted octanol–water partition coefficient (Wildman–Crippen LogP) is 4.11. The first-order chi connectivity index (χ1) is 9.15. The Morgan fingerprint density at radius 2 is 2.11 bits per heavy atom. The maximum Gasteiger partial charge on any atom is 0.165 e. The summed E-state index contributed by atoms with van der Waals surface area (Å²) in [6.07, 6.45) is 1.74. The lowest BCUT2D eigenvalue weighted by Gasteiger charge is -2.10. The van der Waals surface area contributed by atoms with E-state index in [-0.39, 0.29) is 0 Å². The fourth-order valence-electron chi connectivity index (χ4n) is 1.64. The zero-order chi connectivity index (χ0) is 13.8. The lowest BCUT2D eigenvalue weighted by atomic mass is 10.2. The van der Waals surface area contributed by atoms with Crippen molar-refractivity contribution in [2.45, 2.75) is 6.92 Å². The van der Waals surface area contributed by atoms with E-state index in [1.165, 1.54) is 0 Å². The third-order valence-corrected chi connectivity index (χ3v) is 3.56. The van der Waals surface area contributed by atoms with Gasteiger partial charge in [0, 0.05) is 17.2 Å². The molecule has 0 aliphatic rings. The van der Waals surface area contributed by atoms with Gasteiger partial charge in [-0.15, -0.1) is 0 Å². The van der Waals surface area contributed by atoms with Crippen molar-refractivity contribution in [3.05, 3.63) is 33.3 Å². The molecule has 0 amide bonds. The van der Waals surface area contributed by atoms with Crippen molar-refractivity contribution in [1.82, 2.24) is 9.97 Å². The first-order valence-corrected chi connectivity index (χ1v) is 7.34. The highest BCUT2D eigenvalue weighted by Gasteiger charge is 2.11. The van der Waals surface area contributed by atoms with E-state index >= 15 is 0 Å². The number of ether oxygens (including phenoxy) is 1. The fourth-order valence-corrected chi connectivity index (χ4v) is 2.34. The summed E-state index contributed by atoms with van der Waals surface area (Å²) in [5, 5.41) is 3.19. The molecule has 0 unspecified atom stereocenters. The van der Waals surface area contributed by atoms with Gasteiger partial charge in [0.15, 0.2) is 5.82 Å². The van der Waals surface area contributed by atoms with Gasteiger partial charge in [0.1, 0.15) is 11.6 Å². The van der Waals surface area contributed by atoms with Crippen molar-refractivity contribution < 1.29 is 4.74 Å². The van der Waals surface area contributed by atoms with Gasteiger partial charge in [-0.2, -0.15) is 0 Å². The molecule has 19 heavy (non-hydrogen) atoms. The average Bonchev–Trinajstić information content (AvgIpc) is 2.41. The minimum absolute atomic E-state index is 0.623. The van der Waals surface area contributed by atoms with E-state index in [0.29, 0.717) is 5.82 Å². The van der Waals surface area contributed by atoms with E-state index in [2.05, 4.69) is 47.1 Å². The molecule has 1 aromatic carbocycles. The maximum atomic E-state index is 5.35. The van der Waals surface area contributed by atoms with Gasteiger partial charge in [0.25, 0.3) is 0 Å². The van der Waals surface area contributed by atoms with Crippen LogP contribution >= 0.6 is 31.9 Å². The molecule has 0 saturated carbocycles. The Balaban J connectivity index is 2.52. The molecule has 2 rings (SSSR count). The second kappa shape index (κ2) is 6.34. The molecule has 0 fully saturated rings. The predicted molar refractivity (Wildman–Crippen MR) is 83.6 cm³/mol. The standard InChI is InChI=1S/C13H13Br2N3O/c1-3-16-13-10(15)7-17-12(18-13)9-6-8(14)4-5-11(9)19-2/h4-7H,3H2,1-2H3,(H,16,17,18). The Morgan fingerprint density at radius 1 is 1.32 bits per heavy atom. The summed E-state index contributed by atoms with van der Waals surface area (Å²) >= 11 is 6.88. The quantitative estimate of drug-likeness (QED) is 0.858. The van der Waals surface area contributed by atoms with E-state index in [0.717, 1.165) is 32.6 Å². The lowest BCUT2D eigenvalue weighted by Crippen LogP contribution is -2.03. The van der Waals surface area contributed by atoms with Crippen LogP contribution in [0.15, 0.2) is 33.3 Å². The molecule has 1 heterocycles. The van der Waals surface area contributed by atoms with Crippen molar-refractivity contribution in [2.75, 3.05) is 19.0 Å². The zero-order valence-corrected chi connectivity index (χ0v) is 13.7. The molecule has 1 aromatic heterocycles. The Morgan fingerprint density at radius 3 is 2.79 bits per heavy atom. The Bertz CT molecular complexity index is 590. The van der Waals surface area contributed by atoms with Crippen LogP contribution in [0.2, 0.25) is 0 Å². The normalized spacial score (nSPS) is 10.3. The van der Waals surface area contributed by atoms with Gasteiger partial charge in [-0.05, 0) is 41.1 Å². The minimum Gasteiger partial charge on any atom is -0.496 e. The van der Waals surface area contributed by atoms with Crippen LogP contribution in [0.3, 0.4) is 0 Å². The molecule has 0 bridgehead atoms. The SMILES string of the molecule is CCNc1nc(-c2cc(Br)ccc2OC)ncc1Br. The summed E-state index contributed by atoms with van der Waals surface area (Å²) in [7, 11) is 1.64. The molecule has 2 aromatic rings. The number of aromatic nitrogens is 2. The van der Waals surface area contributed by atoms with Crippen molar-refractivity contribution in [3.63, 3.8) is 0 Å². The first kappa shape index (κ1) is 14.3. The summed E-state index contributed by atoms with van der Waals surface area (Å²) < 4.78 is 7.15. The van der Waals surface area contributed by atoms with Gasteiger partial charge < -0.3 is 10.1 Å². The summed E-state index contributed by atoms with van der Waals surface area (Å²) in [6.45, 7) is 2.82. The van der Waals surface area contributed by atoms with Crippen molar-refractivity contribution in [3.8, 4) is 17.1 Å². The lowest BCUT2D eigenvalue weighted by molar-refractivity contribution is 0.416. The number of methoxy groups -OCH3 is 1.